The number of non-ortho nitro benzene ring substituents is 2. The minimum atomic E-state index is -0.527. The summed E-state index contributed by atoms with van der Waals surface area (Å²) in [4.78, 5) is 25.5. The Balaban J connectivity index is 2.06. The quantitative estimate of drug-likeness (QED) is 0.437. The van der Waals surface area contributed by atoms with Crippen LogP contribution in [-0.2, 0) is 11.4 Å². The Morgan fingerprint density at radius 2 is 1.79 bits per heavy atom. The zero-order valence-electron chi connectivity index (χ0n) is 12.6. The van der Waals surface area contributed by atoms with Gasteiger partial charge in [0, 0.05) is 29.8 Å². The molecule has 0 saturated heterocycles. The fraction of sp³-hybridized carbons (Fsp3) is 0.133. The van der Waals surface area contributed by atoms with Gasteiger partial charge in [0.15, 0.2) is 0 Å². The summed E-state index contributed by atoms with van der Waals surface area (Å²) < 4.78 is 5.09. The van der Waals surface area contributed by atoms with Crippen LogP contribution in [0.5, 0.6) is 5.75 Å². The molecule has 0 spiro atoms. The van der Waals surface area contributed by atoms with Gasteiger partial charge >= 0.3 is 0 Å². The molecule has 0 fully saturated rings. The van der Waals surface area contributed by atoms with Crippen LogP contribution in [0.2, 0.25) is 0 Å². The summed E-state index contributed by atoms with van der Waals surface area (Å²) >= 11 is 0. The molecular formula is C15H13N3O6. The third kappa shape index (κ3) is 4.26. The summed E-state index contributed by atoms with van der Waals surface area (Å²) in [5.74, 6) is 0.406. The first-order valence-electron chi connectivity index (χ1n) is 6.72. The molecule has 9 heteroatoms. The van der Waals surface area contributed by atoms with Gasteiger partial charge in [-0.2, -0.15) is 0 Å². The third-order valence-electron chi connectivity index (χ3n) is 3.04. The average Bonchev–Trinajstić information content (AvgIpc) is 2.58. The molecular weight excluding hydrogens is 318 g/mol. The Morgan fingerprint density at radius 3 is 2.46 bits per heavy atom. The first-order valence-corrected chi connectivity index (χ1v) is 6.72. The zero-order valence-corrected chi connectivity index (χ0v) is 12.6. The molecule has 0 bridgehead atoms. The Labute approximate surface area is 136 Å². The van der Waals surface area contributed by atoms with E-state index in [0.29, 0.717) is 16.9 Å². The van der Waals surface area contributed by atoms with Gasteiger partial charge in [0.25, 0.3) is 11.4 Å². The van der Waals surface area contributed by atoms with Crippen LogP contribution in [0.3, 0.4) is 0 Å². The van der Waals surface area contributed by atoms with E-state index < -0.39 is 9.85 Å². The highest BCUT2D eigenvalue weighted by molar-refractivity contribution is 5.84. The number of benzene rings is 2. The van der Waals surface area contributed by atoms with E-state index in [1.54, 1.807) is 12.1 Å². The van der Waals surface area contributed by atoms with Crippen LogP contribution >= 0.6 is 0 Å². The lowest BCUT2D eigenvalue weighted by Gasteiger charge is -2.04. The monoisotopic (exact) mass is 331 g/mol. The number of nitro groups is 2. The fourth-order valence-corrected chi connectivity index (χ4v) is 1.90. The van der Waals surface area contributed by atoms with Gasteiger partial charge in [-0.15, -0.1) is 0 Å². The van der Waals surface area contributed by atoms with Crippen LogP contribution in [0, 0.1) is 20.2 Å². The Morgan fingerprint density at radius 1 is 1.08 bits per heavy atom. The molecule has 0 atom stereocenters. The van der Waals surface area contributed by atoms with E-state index in [2.05, 4.69) is 5.16 Å². The molecule has 0 unspecified atom stereocenters. The number of oxime groups is 1. The molecule has 124 valence electrons. The minimum absolute atomic E-state index is 0.0232. The van der Waals surface area contributed by atoms with Crippen molar-refractivity contribution in [1.29, 1.82) is 0 Å². The number of nitro benzene ring substituents is 2. The van der Waals surface area contributed by atoms with Crippen molar-refractivity contribution in [1.82, 2.24) is 0 Å². The van der Waals surface area contributed by atoms with Gasteiger partial charge in [0.1, 0.15) is 12.4 Å². The molecule has 0 amide bonds. The first-order chi connectivity index (χ1) is 11.5. The maximum atomic E-state index is 10.8. The van der Waals surface area contributed by atoms with Crippen molar-refractivity contribution in [2.45, 2.75) is 6.61 Å². The van der Waals surface area contributed by atoms with Gasteiger partial charge in [-0.05, 0) is 11.6 Å². The molecule has 0 aliphatic carbocycles. The largest absolute Gasteiger partial charge is 0.496 e. The molecule has 0 aliphatic heterocycles. The number of hydrogen-bond acceptors (Lipinski definition) is 7. The summed E-state index contributed by atoms with van der Waals surface area (Å²) in [7, 11) is 1.43. The van der Waals surface area contributed by atoms with E-state index in [1.165, 1.54) is 43.7 Å². The van der Waals surface area contributed by atoms with Crippen molar-refractivity contribution < 1.29 is 19.4 Å². The Kier molecular flexibility index (Phi) is 5.40. The zero-order chi connectivity index (χ0) is 17.5. The van der Waals surface area contributed by atoms with Crippen molar-refractivity contribution in [3.63, 3.8) is 0 Å². The van der Waals surface area contributed by atoms with Crippen molar-refractivity contribution >= 4 is 17.6 Å². The van der Waals surface area contributed by atoms with Crippen molar-refractivity contribution in [3.8, 4) is 5.75 Å². The summed E-state index contributed by atoms with van der Waals surface area (Å²) in [5.41, 5.74) is 0.814. The molecule has 9 nitrogen and oxygen atoms in total. The van der Waals surface area contributed by atoms with E-state index in [0.717, 1.165) is 0 Å². The number of rotatable bonds is 7. The Hall–Kier alpha value is -3.49. The van der Waals surface area contributed by atoms with Crippen molar-refractivity contribution in [2.24, 2.45) is 5.16 Å². The van der Waals surface area contributed by atoms with Crippen LogP contribution in [0.4, 0.5) is 11.4 Å². The smallest absolute Gasteiger partial charge is 0.270 e. The topological polar surface area (TPSA) is 117 Å². The molecule has 2 aromatic rings. The molecule has 2 aromatic carbocycles. The van der Waals surface area contributed by atoms with E-state index >= 15 is 0 Å². The molecule has 0 heterocycles. The first kappa shape index (κ1) is 16.9. The predicted molar refractivity (Wildman–Crippen MR) is 85.1 cm³/mol. The van der Waals surface area contributed by atoms with Gasteiger partial charge in [-0.25, -0.2) is 0 Å². The van der Waals surface area contributed by atoms with Gasteiger partial charge in [0.05, 0.1) is 23.2 Å². The third-order valence-corrected chi connectivity index (χ3v) is 3.04. The van der Waals surface area contributed by atoms with Crippen molar-refractivity contribution in [3.05, 3.63) is 73.8 Å². The number of ether oxygens (including phenoxy) is 1. The molecule has 0 aromatic heterocycles. The SMILES string of the molecule is COc1ccc([N+](=O)[O-])cc1/C=N\OCc1cccc([N+](=O)[O-])c1. The van der Waals surface area contributed by atoms with Crippen LogP contribution in [-0.4, -0.2) is 23.2 Å². The predicted octanol–water partition coefficient (Wildman–Crippen LogP) is 3.06. The molecule has 2 rings (SSSR count). The number of nitrogens with zero attached hydrogens (tertiary/aromatic N) is 3. The van der Waals surface area contributed by atoms with E-state index in [1.807, 2.05) is 0 Å². The van der Waals surface area contributed by atoms with Crippen molar-refractivity contribution in [2.75, 3.05) is 7.11 Å². The van der Waals surface area contributed by atoms with Crippen LogP contribution in [0.25, 0.3) is 0 Å². The van der Waals surface area contributed by atoms with Crippen LogP contribution in [0.15, 0.2) is 47.6 Å². The van der Waals surface area contributed by atoms with Gasteiger partial charge in [0.2, 0.25) is 0 Å². The highest BCUT2D eigenvalue weighted by Crippen LogP contribution is 2.22. The van der Waals surface area contributed by atoms with Gasteiger partial charge < -0.3 is 9.57 Å². The number of hydrogen-bond donors (Lipinski definition) is 0. The van der Waals surface area contributed by atoms with E-state index in [9.17, 15) is 20.2 Å². The molecule has 0 radical (unpaired) electrons. The highest BCUT2D eigenvalue weighted by atomic mass is 16.6. The standard InChI is InChI=1S/C15H13N3O6/c1-23-15-6-5-14(18(21)22)8-12(15)9-16-24-10-11-3-2-4-13(7-11)17(19)20/h2-9H,10H2,1H3/b16-9-. The normalized spacial score (nSPS) is 10.5. The highest BCUT2D eigenvalue weighted by Gasteiger charge is 2.10. The van der Waals surface area contributed by atoms with Crippen LogP contribution in [0.1, 0.15) is 11.1 Å². The maximum Gasteiger partial charge on any atom is 0.270 e. The summed E-state index contributed by atoms with van der Waals surface area (Å²) in [5, 5.41) is 25.2. The minimum Gasteiger partial charge on any atom is -0.496 e. The maximum absolute atomic E-state index is 10.8. The second kappa shape index (κ2) is 7.68. The lowest BCUT2D eigenvalue weighted by molar-refractivity contribution is -0.385. The van der Waals surface area contributed by atoms with Crippen LogP contribution < -0.4 is 4.74 Å². The molecule has 0 saturated carbocycles. The lowest BCUT2D eigenvalue weighted by atomic mass is 10.2. The van der Waals surface area contributed by atoms with Gasteiger partial charge in [-0.1, -0.05) is 17.3 Å². The molecule has 0 aliphatic rings. The summed E-state index contributed by atoms with van der Waals surface area (Å²) in [6.45, 7) is 0.0232. The van der Waals surface area contributed by atoms with E-state index in [-0.39, 0.29) is 18.0 Å². The van der Waals surface area contributed by atoms with E-state index in [4.69, 9.17) is 9.57 Å². The number of methoxy groups -OCH3 is 1. The molecule has 0 N–H and O–H groups in total. The second-order valence-corrected chi connectivity index (χ2v) is 4.62. The molecule has 24 heavy (non-hydrogen) atoms. The summed E-state index contributed by atoms with van der Waals surface area (Å²) in [6, 6.07) is 10.0. The average molecular weight is 331 g/mol. The fourth-order valence-electron chi connectivity index (χ4n) is 1.90. The van der Waals surface area contributed by atoms with Gasteiger partial charge in [-0.3, -0.25) is 20.2 Å². The Bertz CT molecular complexity index is 791. The lowest BCUT2D eigenvalue weighted by Crippen LogP contribution is -1.95. The summed E-state index contributed by atoms with van der Waals surface area (Å²) in [6.07, 6.45) is 1.28. The second-order valence-electron chi connectivity index (χ2n) is 4.62.